The van der Waals surface area contributed by atoms with Gasteiger partial charge in [0.05, 0.1) is 31.1 Å². The molecule has 0 saturated carbocycles. The topological polar surface area (TPSA) is 150 Å². The summed E-state index contributed by atoms with van der Waals surface area (Å²) in [5.41, 5.74) is 2.92. The number of carbonyl (C=O) groups excluding carboxylic acids is 3. The first-order valence-electron chi connectivity index (χ1n) is 15.9. The third kappa shape index (κ3) is 8.86. The average Bonchev–Trinajstić information content (AvgIpc) is 3.58. The Labute approximate surface area is 274 Å². The van der Waals surface area contributed by atoms with Crippen LogP contribution in [-0.2, 0) is 46.1 Å². The minimum atomic E-state index is -0.952. The molecule has 11 nitrogen and oxygen atoms in total. The lowest BCUT2D eigenvalue weighted by Crippen LogP contribution is -2.45. The number of fused-ring (bicyclic) bond motifs is 2. The van der Waals surface area contributed by atoms with Crippen molar-refractivity contribution in [3.05, 3.63) is 88.7 Å². The van der Waals surface area contributed by atoms with Gasteiger partial charge in [-0.3, -0.25) is 9.59 Å². The van der Waals surface area contributed by atoms with Crippen LogP contribution >= 0.6 is 0 Å². The zero-order valence-electron chi connectivity index (χ0n) is 27.0. The second-order valence-electron chi connectivity index (χ2n) is 13.0. The molecule has 3 aliphatic rings. The number of hydrogen-bond acceptors (Lipinski definition) is 10. The van der Waals surface area contributed by atoms with Gasteiger partial charge in [0.15, 0.2) is 5.79 Å². The van der Waals surface area contributed by atoms with Crippen molar-refractivity contribution in [1.29, 1.82) is 0 Å². The number of aliphatic hydroxyl groups excluding tert-OH is 2. The third-order valence-corrected chi connectivity index (χ3v) is 8.13. The summed E-state index contributed by atoms with van der Waals surface area (Å²) in [5, 5.41) is 21.7. The maximum atomic E-state index is 13.5. The highest BCUT2D eigenvalue weighted by molar-refractivity contribution is 5.94. The Kier molecular flexibility index (Phi) is 10.8. The van der Waals surface area contributed by atoms with Crippen molar-refractivity contribution in [2.45, 2.75) is 88.6 Å². The summed E-state index contributed by atoms with van der Waals surface area (Å²) >= 11 is 0. The summed E-state index contributed by atoms with van der Waals surface area (Å²) in [6.07, 6.45) is 3.98. The predicted molar refractivity (Wildman–Crippen MR) is 171 cm³/mol. The molecule has 4 atom stereocenters. The molecule has 47 heavy (non-hydrogen) atoms. The summed E-state index contributed by atoms with van der Waals surface area (Å²) in [6, 6.07) is 14.1. The lowest BCUT2D eigenvalue weighted by molar-refractivity contribution is -0.172. The van der Waals surface area contributed by atoms with E-state index >= 15 is 0 Å². The van der Waals surface area contributed by atoms with Gasteiger partial charge < -0.3 is 39.2 Å². The molecule has 1 aliphatic heterocycles. The highest BCUT2D eigenvalue weighted by Gasteiger charge is 2.55. The summed E-state index contributed by atoms with van der Waals surface area (Å²) in [5.74, 6) is -2.42. The van der Waals surface area contributed by atoms with Gasteiger partial charge in [-0.15, -0.1) is 0 Å². The Morgan fingerprint density at radius 3 is 2.49 bits per heavy atom. The van der Waals surface area contributed by atoms with Crippen molar-refractivity contribution in [3.63, 3.8) is 0 Å². The van der Waals surface area contributed by atoms with E-state index in [0.717, 1.165) is 11.1 Å². The van der Waals surface area contributed by atoms with Gasteiger partial charge in [0.1, 0.15) is 30.5 Å². The number of benzene rings is 2. The molecule has 3 N–H and O–H groups in total. The quantitative estimate of drug-likeness (QED) is 0.177. The molecule has 0 unspecified atom stereocenters. The Balaban J connectivity index is 1.32. The Bertz CT molecular complexity index is 1480. The largest absolute Gasteiger partial charge is 0.499 e. The molecule has 0 aromatic heterocycles. The van der Waals surface area contributed by atoms with Gasteiger partial charge >= 0.3 is 11.9 Å². The van der Waals surface area contributed by atoms with E-state index in [-0.39, 0.29) is 39.1 Å². The summed E-state index contributed by atoms with van der Waals surface area (Å²) in [6.45, 7) is 4.99. The summed E-state index contributed by atoms with van der Waals surface area (Å²) in [4.78, 5) is 39.2. The number of ether oxygens (including phenoxy) is 5. The number of hydrogen-bond donors (Lipinski definition) is 3. The number of amides is 1. The van der Waals surface area contributed by atoms with Gasteiger partial charge in [0.2, 0.25) is 5.91 Å². The van der Waals surface area contributed by atoms with Crippen molar-refractivity contribution in [2.24, 2.45) is 0 Å². The van der Waals surface area contributed by atoms with E-state index in [1.54, 1.807) is 57.2 Å². The monoisotopic (exact) mass is 649 g/mol. The Morgan fingerprint density at radius 2 is 1.81 bits per heavy atom. The molecule has 252 valence electrons. The smallest absolute Gasteiger partial charge is 0.338 e. The van der Waals surface area contributed by atoms with Gasteiger partial charge in [-0.05, 0) is 68.2 Å². The fourth-order valence-electron chi connectivity index (χ4n) is 6.06. The SMILES string of the molecule is CC(C)(C)OC(=O)CC[C@@H](CO)NC(=O)C1=C[C@H]2OC3(Cc4ccccc4C3)O[C@H]2[C@H](OC(=O)c2cccc(C=COCCO)c2)C1. The highest BCUT2D eigenvalue weighted by Crippen LogP contribution is 2.45. The average molecular weight is 650 g/mol. The Morgan fingerprint density at radius 1 is 1.06 bits per heavy atom. The number of esters is 2. The van der Waals surface area contributed by atoms with Crippen LogP contribution in [-0.4, -0.2) is 83.6 Å². The van der Waals surface area contributed by atoms with Gasteiger partial charge in [-0.1, -0.05) is 36.4 Å². The molecule has 1 fully saturated rings. The molecular formula is C36H43NO10. The zero-order valence-corrected chi connectivity index (χ0v) is 27.0. The third-order valence-electron chi connectivity index (χ3n) is 8.13. The first kappa shape index (κ1) is 34.3. The highest BCUT2D eigenvalue weighted by atomic mass is 16.8. The summed E-state index contributed by atoms with van der Waals surface area (Å²) < 4.78 is 29.7. The maximum Gasteiger partial charge on any atom is 0.338 e. The molecule has 11 heteroatoms. The van der Waals surface area contributed by atoms with Gasteiger partial charge in [0.25, 0.3) is 0 Å². The number of aliphatic hydroxyl groups is 2. The van der Waals surface area contributed by atoms with Crippen LogP contribution < -0.4 is 5.32 Å². The van der Waals surface area contributed by atoms with Crippen molar-refractivity contribution < 1.29 is 48.3 Å². The molecule has 1 amide bonds. The lowest BCUT2D eigenvalue weighted by atomic mass is 9.91. The molecule has 1 saturated heterocycles. The minimum Gasteiger partial charge on any atom is -0.499 e. The normalized spacial score (nSPS) is 21.9. The van der Waals surface area contributed by atoms with E-state index < -0.39 is 53.6 Å². The lowest BCUT2D eigenvalue weighted by Gasteiger charge is -2.31. The molecule has 2 aromatic carbocycles. The van der Waals surface area contributed by atoms with Gasteiger partial charge in [0, 0.05) is 31.3 Å². The maximum absolute atomic E-state index is 13.5. The van der Waals surface area contributed by atoms with Crippen molar-refractivity contribution in [1.82, 2.24) is 5.32 Å². The van der Waals surface area contributed by atoms with Gasteiger partial charge in [-0.2, -0.15) is 0 Å². The van der Waals surface area contributed by atoms with Crippen LogP contribution in [0.2, 0.25) is 0 Å². The second-order valence-corrected chi connectivity index (χ2v) is 13.0. The standard InChI is InChI=1S/C36H43NO10/c1-35(2,3)46-31(40)12-11-28(22-39)37-33(41)27-18-29(44-34(42)24-10-6-7-23(17-24)13-15-43-16-14-38)32-30(19-27)45-36(47-32)20-25-8-4-5-9-26(25)21-36/h4-10,13,15,17,19,28-30,32,38-39H,11-12,14,16,18,20-22H2,1-3H3,(H,37,41)/t28-,29+,30+,32-/m0/s1. The van der Waals surface area contributed by atoms with E-state index in [9.17, 15) is 19.5 Å². The molecule has 2 aliphatic carbocycles. The molecule has 0 radical (unpaired) electrons. The fourth-order valence-corrected chi connectivity index (χ4v) is 6.06. The zero-order chi connectivity index (χ0) is 33.6. The van der Waals surface area contributed by atoms with Crippen molar-refractivity contribution >= 4 is 23.9 Å². The fraction of sp³-hybridized carbons (Fsp3) is 0.472. The van der Waals surface area contributed by atoms with E-state index in [2.05, 4.69) is 5.32 Å². The minimum absolute atomic E-state index is 0.0224. The van der Waals surface area contributed by atoms with E-state index in [0.29, 0.717) is 29.5 Å². The first-order chi connectivity index (χ1) is 22.5. The number of rotatable bonds is 12. The van der Waals surface area contributed by atoms with Crippen LogP contribution in [0.5, 0.6) is 0 Å². The van der Waals surface area contributed by atoms with Gasteiger partial charge in [-0.25, -0.2) is 4.79 Å². The summed E-state index contributed by atoms with van der Waals surface area (Å²) in [7, 11) is 0. The van der Waals surface area contributed by atoms with Crippen LogP contribution in [0.1, 0.15) is 67.1 Å². The molecule has 1 spiro atoms. The predicted octanol–water partition coefficient (Wildman–Crippen LogP) is 3.40. The molecule has 2 aromatic rings. The number of carbonyl (C=O) groups is 3. The van der Waals surface area contributed by atoms with Crippen LogP contribution in [0.4, 0.5) is 0 Å². The van der Waals surface area contributed by atoms with E-state index in [1.165, 1.54) is 6.26 Å². The van der Waals surface area contributed by atoms with E-state index in [4.69, 9.17) is 28.8 Å². The molecule has 0 bridgehead atoms. The molecular weight excluding hydrogens is 606 g/mol. The van der Waals surface area contributed by atoms with Crippen LogP contribution in [0, 0.1) is 0 Å². The number of nitrogens with one attached hydrogen (secondary N) is 1. The van der Waals surface area contributed by atoms with Crippen molar-refractivity contribution in [3.8, 4) is 0 Å². The first-order valence-corrected chi connectivity index (χ1v) is 15.9. The van der Waals surface area contributed by atoms with Crippen LogP contribution in [0.25, 0.3) is 6.08 Å². The van der Waals surface area contributed by atoms with Crippen LogP contribution in [0.3, 0.4) is 0 Å². The molecule has 1 heterocycles. The van der Waals surface area contributed by atoms with Crippen molar-refractivity contribution in [2.75, 3.05) is 19.8 Å². The molecule has 5 rings (SSSR count). The van der Waals surface area contributed by atoms with Crippen LogP contribution in [0.15, 0.2) is 66.4 Å². The van der Waals surface area contributed by atoms with E-state index in [1.807, 2.05) is 24.3 Å². The Hall–Kier alpha value is -4.03. The second kappa shape index (κ2) is 14.8.